The summed E-state index contributed by atoms with van der Waals surface area (Å²) in [6.07, 6.45) is 2.37. The smallest absolute Gasteiger partial charge is 0.321 e. The van der Waals surface area contributed by atoms with Crippen LogP contribution in [0, 0.1) is 0 Å². The summed E-state index contributed by atoms with van der Waals surface area (Å²) < 4.78 is 0. The Hall–Kier alpha value is -4.38. The van der Waals surface area contributed by atoms with Gasteiger partial charge in [-0.15, -0.1) is 0 Å². The molecule has 0 saturated carbocycles. The van der Waals surface area contributed by atoms with Crippen LogP contribution in [-0.2, 0) is 11.3 Å². The fourth-order valence-corrected chi connectivity index (χ4v) is 5.06. The second kappa shape index (κ2) is 12.0. The number of nitrogens with one attached hydrogen (secondary N) is 2. The van der Waals surface area contributed by atoms with Crippen molar-refractivity contribution in [2.45, 2.75) is 13.0 Å². The Morgan fingerprint density at radius 2 is 1.77 bits per heavy atom. The number of carbonyl (C=O) groups is 3. The fraction of sp³-hybridized carbons (Fsp3) is 0.250. The maximum atomic E-state index is 12.9. The van der Waals surface area contributed by atoms with Crippen LogP contribution in [0.1, 0.15) is 17.7 Å². The van der Waals surface area contributed by atoms with E-state index in [1.165, 1.54) is 0 Å². The molecule has 4 amide bonds. The molecule has 11 heteroatoms. The van der Waals surface area contributed by atoms with Gasteiger partial charge in [-0.05, 0) is 42.0 Å². The number of para-hydroxylation sites is 1. The summed E-state index contributed by atoms with van der Waals surface area (Å²) in [6, 6.07) is 21.1. The van der Waals surface area contributed by atoms with Gasteiger partial charge in [-0.25, -0.2) is 9.78 Å². The Morgan fingerprint density at radius 3 is 2.49 bits per heavy atom. The lowest BCUT2D eigenvalue weighted by Gasteiger charge is -2.25. The lowest BCUT2D eigenvalue weighted by atomic mass is 10.2. The number of nitrogens with zero attached hydrogens (tertiary/aromatic N) is 5. The molecule has 0 spiro atoms. The molecular weight excluding hydrogens is 514 g/mol. The summed E-state index contributed by atoms with van der Waals surface area (Å²) in [4.78, 5) is 52.5. The van der Waals surface area contributed by atoms with Gasteiger partial charge >= 0.3 is 6.03 Å². The van der Waals surface area contributed by atoms with Gasteiger partial charge in [-0.3, -0.25) is 14.9 Å². The topological polar surface area (TPSA) is 111 Å². The monoisotopic (exact) mass is 543 g/mol. The van der Waals surface area contributed by atoms with E-state index in [9.17, 15) is 14.4 Å². The largest absolute Gasteiger partial charge is 0.355 e. The number of benzene rings is 2. The van der Waals surface area contributed by atoms with Crippen LogP contribution in [0.2, 0.25) is 0 Å². The van der Waals surface area contributed by atoms with Crippen LogP contribution in [-0.4, -0.2) is 65.3 Å². The minimum absolute atomic E-state index is 0.139. The van der Waals surface area contributed by atoms with E-state index in [1.54, 1.807) is 11.0 Å². The van der Waals surface area contributed by atoms with Crippen molar-refractivity contribution < 1.29 is 14.4 Å². The van der Waals surface area contributed by atoms with Gasteiger partial charge in [0.1, 0.15) is 5.82 Å². The van der Waals surface area contributed by atoms with Crippen molar-refractivity contribution in [3.8, 4) is 0 Å². The van der Waals surface area contributed by atoms with Crippen molar-refractivity contribution in [1.82, 2.24) is 20.2 Å². The normalized spacial score (nSPS) is 16.7. The number of thioether (sulfide) groups is 1. The molecule has 3 aromatic rings. The van der Waals surface area contributed by atoms with Crippen LogP contribution in [0.3, 0.4) is 0 Å². The molecule has 0 bridgehead atoms. The molecule has 2 aliphatic rings. The predicted octanol–water partition coefficient (Wildman–Crippen LogP) is 4.18. The highest BCUT2D eigenvalue weighted by Crippen LogP contribution is 2.27. The molecule has 0 radical (unpaired) electrons. The third-order valence-corrected chi connectivity index (χ3v) is 7.20. The van der Waals surface area contributed by atoms with Crippen LogP contribution in [0.15, 0.2) is 71.6 Å². The first-order valence-corrected chi connectivity index (χ1v) is 13.5. The van der Waals surface area contributed by atoms with E-state index in [0.717, 1.165) is 29.4 Å². The number of urea groups is 1. The van der Waals surface area contributed by atoms with E-state index in [0.29, 0.717) is 55.1 Å². The van der Waals surface area contributed by atoms with Crippen molar-refractivity contribution in [3.05, 3.63) is 82.9 Å². The summed E-state index contributed by atoms with van der Waals surface area (Å²) in [7, 11) is 1.95. The van der Waals surface area contributed by atoms with Crippen LogP contribution >= 0.6 is 11.8 Å². The molecule has 0 atom stereocenters. The molecule has 0 aliphatic carbocycles. The van der Waals surface area contributed by atoms with Gasteiger partial charge in [-0.1, -0.05) is 48.5 Å². The van der Waals surface area contributed by atoms with Crippen molar-refractivity contribution in [2.24, 2.45) is 0 Å². The van der Waals surface area contributed by atoms with E-state index in [1.807, 2.05) is 66.5 Å². The Bertz CT molecular complexity index is 1380. The van der Waals surface area contributed by atoms with Gasteiger partial charge in [0.05, 0.1) is 10.6 Å². The Balaban J connectivity index is 1.37. The summed E-state index contributed by atoms with van der Waals surface area (Å²) in [6.45, 7) is 2.98. The standard InChI is InChI=1S/C28H29N7O3S/c1-33(19-20-9-4-2-5-10-20)24-18-22(17-23-25(36)32-28(38)39-23)29-26(31-24)34-13-8-14-35(16-15-34)27(37)30-21-11-6-3-7-12-21/h2-7,9-12,17-18H,8,13-16,19H2,1H3,(H,30,37)(H,32,36,38)/b23-17-. The molecule has 10 nitrogen and oxygen atoms in total. The van der Waals surface area contributed by atoms with Crippen LogP contribution in [0.5, 0.6) is 0 Å². The molecule has 2 aliphatic heterocycles. The van der Waals surface area contributed by atoms with Gasteiger partial charge < -0.3 is 20.0 Å². The first-order chi connectivity index (χ1) is 18.9. The molecule has 3 heterocycles. The molecule has 39 heavy (non-hydrogen) atoms. The number of amides is 4. The quantitative estimate of drug-likeness (QED) is 0.446. The lowest BCUT2D eigenvalue weighted by molar-refractivity contribution is -0.115. The molecule has 2 fully saturated rings. The minimum atomic E-state index is -0.431. The summed E-state index contributed by atoms with van der Waals surface area (Å²) >= 11 is 0.857. The van der Waals surface area contributed by atoms with Gasteiger partial charge in [-0.2, -0.15) is 4.98 Å². The second-order valence-corrected chi connectivity index (χ2v) is 10.3. The number of anilines is 3. The summed E-state index contributed by atoms with van der Waals surface area (Å²) in [5.41, 5.74) is 2.42. The van der Waals surface area contributed by atoms with Gasteiger partial charge in [0.15, 0.2) is 0 Å². The molecule has 200 valence electrons. The molecule has 2 aromatic carbocycles. The number of hydrogen-bond acceptors (Lipinski definition) is 8. The third kappa shape index (κ3) is 6.74. The van der Waals surface area contributed by atoms with Gasteiger partial charge in [0, 0.05) is 51.5 Å². The zero-order valence-electron chi connectivity index (χ0n) is 21.5. The zero-order chi connectivity index (χ0) is 27.2. The Morgan fingerprint density at radius 1 is 1.03 bits per heavy atom. The minimum Gasteiger partial charge on any atom is -0.355 e. The maximum absolute atomic E-state index is 12.9. The third-order valence-electron chi connectivity index (χ3n) is 6.39. The highest BCUT2D eigenvalue weighted by Gasteiger charge is 2.26. The Kier molecular flexibility index (Phi) is 8.07. The molecule has 5 rings (SSSR count). The second-order valence-electron chi connectivity index (χ2n) is 9.27. The van der Waals surface area contributed by atoms with Crippen LogP contribution < -0.4 is 20.4 Å². The molecular formula is C28H29N7O3S. The number of rotatable bonds is 6. The van der Waals surface area contributed by atoms with Crippen LogP contribution in [0.25, 0.3) is 6.08 Å². The van der Waals surface area contributed by atoms with E-state index in [4.69, 9.17) is 9.97 Å². The summed E-state index contributed by atoms with van der Waals surface area (Å²) in [5.74, 6) is 0.770. The lowest BCUT2D eigenvalue weighted by Crippen LogP contribution is -2.38. The predicted molar refractivity (Wildman–Crippen MR) is 154 cm³/mol. The average Bonchev–Trinajstić information content (AvgIpc) is 3.11. The first-order valence-electron chi connectivity index (χ1n) is 12.7. The highest BCUT2D eigenvalue weighted by atomic mass is 32.2. The molecule has 2 N–H and O–H groups in total. The van der Waals surface area contributed by atoms with E-state index in [2.05, 4.69) is 27.7 Å². The highest BCUT2D eigenvalue weighted by molar-refractivity contribution is 8.18. The van der Waals surface area contributed by atoms with Crippen LogP contribution in [0.4, 0.5) is 27.0 Å². The van der Waals surface area contributed by atoms with Gasteiger partial charge in [0.25, 0.3) is 11.1 Å². The fourth-order valence-electron chi connectivity index (χ4n) is 4.39. The van der Waals surface area contributed by atoms with Crippen molar-refractivity contribution in [1.29, 1.82) is 0 Å². The SMILES string of the molecule is CN(Cc1ccccc1)c1cc(/C=C2\SC(=O)NC2=O)nc(N2CCCN(C(=O)Nc3ccccc3)CC2)n1. The number of imide groups is 1. The van der Waals surface area contributed by atoms with E-state index in [-0.39, 0.29) is 6.03 Å². The number of aromatic nitrogens is 2. The maximum Gasteiger partial charge on any atom is 0.321 e. The average molecular weight is 544 g/mol. The van der Waals surface area contributed by atoms with Crippen molar-refractivity contribution in [3.63, 3.8) is 0 Å². The van der Waals surface area contributed by atoms with Crippen molar-refractivity contribution >= 4 is 52.5 Å². The number of hydrogen-bond donors (Lipinski definition) is 2. The first kappa shape index (κ1) is 26.2. The van der Waals surface area contributed by atoms with E-state index >= 15 is 0 Å². The summed E-state index contributed by atoms with van der Waals surface area (Å²) in [5, 5.41) is 4.84. The van der Waals surface area contributed by atoms with E-state index < -0.39 is 11.1 Å². The Labute approximate surface area is 231 Å². The van der Waals surface area contributed by atoms with Crippen molar-refractivity contribution in [2.75, 3.05) is 48.3 Å². The molecule has 1 aromatic heterocycles. The molecule has 2 saturated heterocycles. The van der Waals surface area contributed by atoms with Gasteiger partial charge in [0.2, 0.25) is 5.95 Å². The zero-order valence-corrected chi connectivity index (χ0v) is 22.4. The molecule has 0 unspecified atom stereocenters. The number of carbonyl (C=O) groups excluding carboxylic acids is 3.